The normalized spacial score (nSPS) is 10.5. The van der Waals surface area contributed by atoms with Crippen LogP contribution in [0.4, 0.5) is 0 Å². The van der Waals surface area contributed by atoms with Gasteiger partial charge in [-0.05, 0) is 42.3 Å². The molecule has 1 aromatic carbocycles. The number of hydrogen-bond acceptors (Lipinski definition) is 6. The number of nitrogens with one attached hydrogen (secondary N) is 2. The van der Waals surface area contributed by atoms with E-state index in [4.69, 9.17) is 4.74 Å². The first kappa shape index (κ1) is 18.9. The highest BCUT2D eigenvalue weighted by Gasteiger charge is 2.08. The second-order valence-corrected chi connectivity index (χ2v) is 5.27. The first-order valence-corrected chi connectivity index (χ1v) is 8.01. The quantitative estimate of drug-likeness (QED) is 0.375. The molecule has 136 valence electrons. The van der Waals surface area contributed by atoms with Crippen LogP contribution in [0, 0.1) is 0 Å². The number of phenols is 1. The van der Waals surface area contributed by atoms with Crippen LogP contribution < -0.4 is 15.5 Å². The van der Waals surface area contributed by atoms with E-state index in [0.29, 0.717) is 24.5 Å². The van der Waals surface area contributed by atoms with Crippen molar-refractivity contribution in [2.45, 2.75) is 19.9 Å². The number of pyridine rings is 1. The molecule has 8 nitrogen and oxygen atoms in total. The molecule has 0 atom stereocenters. The SMILES string of the molecule is CCOc1cc(/C=N/NC(=O)CC(=O)NCc2cccnc2)ccc1O. The topological polar surface area (TPSA) is 113 Å². The Labute approximate surface area is 150 Å². The molecule has 0 spiro atoms. The molecular weight excluding hydrogens is 336 g/mol. The number of benzene rings is 1. The largest absolute Gasteiger partial charge is 0.504 e. The lowest BCUT2D eigenvalue weighted by Gasteiger charge is -2.06. The summed E-state index contributed by atoms with van der Waals surface area (Å²) in [4.78, 5) is 27.4. The fourth-order valence-electron chi connectivity index (χ4n) is 2.01. The molecule has 0 unspecified atom stereocenters. The summed E-state index contributed by atoms with van der Waals surface area (Å²) in [5.74, 6) is -0.588. The fraction of sp³-hybridized carbons (Fsp3) is 0.222. The Balaban J connectivity index is 1.78. The lowest BCUT2D eigenvalue weighted by molar-refractivity contribution is -0.129. The first-order chi connectivity index (χ1) is 12.6. The van der Waals surface area contributed by atoms with Gasteiger partial charge in [-0.3, -0.25) is 14.6 Å². The van der Waals surface area contributed by atoms with Crippen LogP contribution in [0.15, 0.2) is 47.8 Å². The number of aromatic hydroxyl groups is 1. The van der Waals surface area contributed by atoms with Crippen molar-refractivity contribution >= 4 is 18.0 Å². The third-order valence-corrected chi connectivity index (χ3v) is 3.22. The number of hydrogen-bond donors (Lipinski definition) is 3. The number of carbonyl (C=O) groups excluding carboxylic acids is 2. The Bertz CT molecular complexity index is 778. The molecule has 0 aliphatic carbocycles. The van der Waals surface area contributed by atoms with Gasteiger partial charge in [-0.15, -0.1) is 0 Å². The average Bonchev–Trinajstić information content (AvgIpc) is 2.64. The van der Waals surface area contributed by atoms with E-state index in [1.54, 1.807) is 37.5 Å². The zero-order valence-corrected chi connectivity index (χ0v) is 14.3. The maximum Gasteiger partial charge on any atom is 0.249 e. The van der Waals surface area contributed by atoms with E-state index < -0.39 is 11.8 Å². The minimum atomic E-state index is -0.534. The lowest BCUT2D eigenvalue weighted by Crippen LogP contribution is -2.29. The molecule has 2 rings (SSSR count). The van der Waals surface area contributed by atoms with Crippen molar-refractivity contribution in [3.63, 3.8) is 0 Å². The highest BCUT2D eigenvalue weighted by molar-refractivity contribution is 5.97. The molecule has 0 aliphatic rings. The van der Waals surface area contributed by atoms with E-state index in [1.807, 2.05) is 6.07 Å². The van der Waals surface area contributed by atoms with Crippen molar-refractivity contribution in [1.82, 2.24) is 15.7 Å². The number of carbonyl (C=O) groups is 2. The molecule has 1 heterocycles. The van der Waals surface area contributed by atoms with Gasteiger partial charge in [-0.2, -0.15) is 5.10 Å². The van der Waals surface area contributed by atoms with Crippen LogP contribution in [0.2, 0.25) is 0 Å². The maximum absolute atomic E-state index is 11.7. The van der Waals surface area contributed by atoms with Gasteiger partial charge < -0.3 is 15.2 Å². The van der Waals surface area contributed by atoms with E-state index in [-0.39, 0.29) is 12.2 Å². The van der Waals surface area contributed by atoms with E-state index in [2.05, 4.69) is 20.8 Å². The molecule has 0 saturated carbocycles. The summed E-state index contributed by atoms with van der Waals surface area (Å²) in [6.07, 6.45) is 4.34. The zero-order valence-electron chi connectivity index (χ0n) is 14.3. The Morgan fingerprint density at radius 2 is 2.15 bits per heavy atom. The number of aromatic nitrogens is 1. The molecule has 2 aromatic rings. The molecule has 3 N–H and O–H groups in total. The van der Waals surface area contributed by atoms with Crippen LogP contribution in [-0.4, -0.2) is 34.7 Å². The molecule has 8 heteroatoms. The van der Waals surface area contributed by atoms with Gasteiger partial charge in [0, 0.05) is 18.9 Å². The zero-order chi connectivity index (χ0) is 18.8. The van der Waals surface area contributed by atoms with Crippen LogP contribution in [-0.2, 0) is 16.1 Å². The van der Waals surface area contributed by atoms with E-state index >= 15 is 0 Å². The number of nitrogens with zero attached hydrogens (tertiary/aromatic N) is 2. The average molecular weight is 356 g/mol. The van der Waals surface area contributed by atoms with Crippen LogP contribution in [0.1, 0.15) is 24.5 Å². The number of rotatable bonds is 8. The summed E-state index contributed by atoms with van der Waals surface area (Å²) in [5.41, 5.74) is 3.76. The summed E-state index contributed by atoms with van der Waals surface area (Å²) in [6, 6.07) is 8.28. The van der Waals surface area contributed by atoms with E-state index in [0.717, 1.165) is 5.56 Å². The maximum atomic E-state index is 11.7. The molecule has 0 saturated heterocycles. The van der Waals surface area contributed by atoms with Crippen molar-refractivity contribution in [2.24, 2.45) is 5.10 Å². The highest BCUT2D eigenvalue weighted by atomic mass is 16.5. The minimum Gasteiger partial charge on any atom is -0.504 e. The third kappa shape index (κ3) is 6.23. The van der Waals surface area contributed by atoms with Crippen LogP contribution in [0.25, 0.3) is 0 Å². The van der Waals surface area contributed by atoms with Crippen molar-refractivity contribution < 1.29 is 19.4 Å². The number of ether oxygens (including phenoxy) is 1. The van der Waals surface area contributed by atoms with Crippen molar-refractivity contribution in [1.29, 1.82) is 0 Å². The first-order valence-electron chi connectivity index (χ1n) is 8.01. The van der Waals surface area contributed by atoms with Gasteiger partial charge in [-0.1, -0.05) is 6.07 Å². The second-order valence-electron chi connectivity index (χ2n) is 5.27. The highest BCUT2D eigenvalue weighted by Crippen LogP contribution is 2.26. The van der Waals surface area contributed by atoms with Crippen LogP contribution >= 0.6 is 0 Å². The third-order valence-electron chi connectivity index (χ3n) is 3.22. The molecule has 0 aliphatic heterocycles. The lowest BCUT2D eigenvalue weighted by atomic mass is 10.2. The minimum absolute atomic E-state index is 0.0262. The van der Waals surface area contributed by atoms with Crippen LogP contribution in [0.5, 0.6) is 11.5 Å². The predicted molar refractivity (Wildman–Crippen MR) is 95.7 cm³/mol. The summed E-state index contributed by atoms with van der Waals surface area (Å²) in [7, 11) is 0. The fourth-order valence-corrected chi connectivity index (χ4v) is 2.01. The van der Waals surface area contributed by atoms with Gasteiger partial charge in [0.1, 0.15) is 6.42 Å². The Morgan fingerprint density at radius 3 is 2.88 bits per heavy atom. The summed E-state index contributed by atoms with van der Waals surface area (Å²) in [6.45, 7) is 2.52. The molecular formula is C18H20N4O4. The monoisotopic (exact) mass is 356 g/mol. The Morgan fingerprint density at radius 1 is 1.31 bits per heavy atom. The van der Waals surface area contributed by atoms with Crippen molar-refractivity contribution in [2.75, 3.05) is 6.61 Å². The van der Waals surface area contributed by atoms with Gasteiger partial charge in [0.25, 0.3) is 0 Å². The van der Waals surface area contributed by atoms with E-state index in [9.17, 15) is 14.7 Å². The molecule has 1 aromatic heterocycles. The Kier molecular flexibility index (Phi) is 7.11. The van der Waals surface area contributed by atoms with Crippen LogP contribution in [0.3, 0.4) is 0 Å². The summed E-state index contributed by atoms with van der Waals surface area (Å²) < 4.78 is 5.26. The molecule has 0 bridgehead atoms. The summed E-state index contributed by atoms with van der Waals surface area (Å²) >= 11 is 0. The smallest absolute Gasteiger partial charge is 0.249 e. The predicted octanol–water partition coefficient (Wildman–Crippen LogP) is 1.34. The van der Waals surface area contributed by atoms with Gasteiger partial charge in [0.15, 0.2) is 11.5 Å². The van der Waals surface area contributed by atoms with Crippen molar-refractivity contribution in [3.05, 3.63) is 53.9 Å². The number of hydrazone groups is 1. The Hall–Kier alpha value is -3.42. The molecule has 0 radical (unpaired) electrons. The van der Waals surface area contributed by atoms with Gasteiger partial charge in [0.05, 0.1) is 12.8 Å². The molecule has 0 fully saturated rings. The summed E-state index contributed by atoms with van der Waals surface area (Å²) in [5, 5.41) is 16.0. The van der Waals surface area contributed by atoms with E-state index in [1.165, 1.54) is 12.3 Å². The van der Waals surface area contributed by atoms with Crippen molar-refractivity contribution in [3.8, 4) is 11.5 Å². The second kappa shape index (κ2) is 9.77. The molecule has 26 heavy (non-hydrogen) atoms. The molecule has 2 amide bonds. The van der Waals surface area contributed by atoms with Gasteiger partial charge in [-0.25, -0.2) is 5.43 Å². The number of phenolic OH excluding ortho intramolecular Hbond substituents is 1. The standard InChI is InChI=1S/C18H20N4O4/c1-2-26-16-8-13(5-6-15(16)23)12-21-22-18(25)9-17(24)20-11-14-4-3-7-19-10-14/h3-8,10,12,23H,2,9,11H2,1H3,(H,20,24)(H,22,25)/b21-12+. The van der Waals surface area contributed by atoms with Gasteiger partial charge in [0.2, 0.25) is 11.8 Å². The number of amides is 2. The van der Waals surface area contributed by atoms with Gasteiger partial charge >= 0.3 is 0 Å².